The summed E-state index contributed by atoms with van der Waals surface area (Å²) < 4.78 is 43.8. The average Bonchev–Trinajstić information content (AvgIpc) is 2.96. The smallest absolute Gasteiger partial charge is 0.410 e. The van der Waals surface area contributed by atoms with E-state index in [9.17, 15) is 18.0 Å². The molecule has 1 aliphatic rings. The predicted molar refractivity (Wildman–Crippen MR) is 187 cm³/mol. The number of carbonyl (C=O) groups excluding carboxylic acids is 2. The van der Waals surface area contributed by atoms with E-state index in [-0.39, 0.29) is 34.3 Å². The van der Waals surface area contributed by atoms with E-state index in [1.54, 1.807) is 41.4 Å². The Morgan fingerprint density at radius 2 is 1.62 bits per heavy atom. The first kappa shape index (κ1) is 36.8. The highest BCUT2D eigenvalue weighted by atomic mass is 35.5. The van der Waals surface area contributed by atoms with Gasteiger partial charge in [-0.25, -0.2) is 13.2 Å². The Balaban J connectivity index is 1.48. The Morgan fingerprint density at radius 3 is 2.23 bits per heavy atom. The molecule has 4 rings (SSSR count). The first-order valence-corrected chi connectivity index (χ1v) is 17.7. The second kappa shape index (κ2) is 14.6. The van der Waals surface area contributed by atoms with E-state index in [4.69, 9.17) is 25.8 Å². The van der Waals surface area contributed by atoms with Crippen molar-refractivity contribution in [1.82, 2.24) is 14.8 Å². The Morgan fingerprint density at radius 1 is 0.958 bits per heavy atom. The number of anilines is 2. The highest BCUT2D eigenvalue weighted by Gasteiger charge is 2.26. The van der Waals surface area contributed by atoms with Gasteiger partial charge in [-0.15, -0.1) is 0 Å². The number of methoxy groups -OCH3 is 1. The van der Waals surface area contributed by atoms with Crippen LogP contribution in [0, 0.1) is 0 Å². The van der Waals surface area contributed by atoms with Gasteiger partial charge in [0.1, 0.15) is 17.1 Å². The highest BCUT2D eigenvalue weighted by molar-refractivity contribution is 7.92. The summed E-state index contributed by atoms with van der Waals surface area (Å²) in [6, 6.07) is 11.6. The Labute approximate surface area is 287 Å². The Bertz CT molecular complexity index is 1760. The van der Waals surface area contributed by atoms with Crippen LogP contribution in [0.2, 0.25) is 5.02 Å². The van der Waals surface area contributed by atoms with E-state index in [1.807, 2.05) is 47.6 Å². The number of sulfonamides is 1. The fourth-order valence-corrected chi connectivity index (χ4v) is 5.65. The molecule has 3 aromatic rings. The zero-order chi connectivity index (χ0) is 35.4. The Hall–Kier alpha value is -4.07. The highest BCUT2D eigenvalue weighted by Crippen LogP contribution is 2.39. The maximum Gasteiger partial charge on any atom is 0.410 e. The minimum atomic E-state index is -3.63. The van der Waals surface area contributed by atoms with Crippen LogP contribution in [-0.2, 0) is 26.7 Å². The van der Waals surface area contributed by atoms with Crippen molar-refractivity contribution >= 4 is 45.0 Å². The van der Waals surface area contributed by atoms with Crippen LogP contribution < -0.4 is 19.5 Å². The number of ether oxygens (including phenoxy) is 3. The van der Waals surface area contributed by atoms with Gasteiger partial charge in [-0.3, -0.25) is 19.4 Å². The van der Waals surface area contributed by atoms with Crippen molar-refractivity contribution in [2.75, 3.05) is 49.6 Å². The van der Waals surface area contributed by atoms with E-state index >= 15 is 0 Å². The molecule has 48 heavy (non-hydrogen) atoms. The van der Waals surface area contributed by atoms with Gasteiger partial charge in [-0.1, -0.05) is 32.4 Å². The molecule has 0 saturated carbocycles. The monoisotopic (exact) mass is 701 g/mol. The standard InChI is InChI=1S/C34H44ClN5O7S/c1-33(2,3)23-18-27(30(45-7)28(19-23)38-48(8,43)44)37-31(41)22-9-10-26(35)29(17-22)46-25-11-12-36-24(20-25)21-39-13-15-40(16-14-39)32(42)47-34(4,5)6/h9-12,17-20,38H,13-16,21H2,1-8H3,(H,37,41). The third-order valence-electron chi connectivity index (χ3n) is 7.32. The number of aromatic nitrogens is 1. The van der Waals surface area contributed by atoms with E-state index in [0.29, 0.717) is 49.2 Å². The molecule has 260 valence electrons. The van der Waals surface area contributed by atoms with E-state index < -0.39 is 21.5 Å². The predicted octanol–water partition coefficient (Wildman–Crippen LogP) is 6.51. The molecule has 0 atom stereocenters. The molecule has 1 aromatic heterocycles. The summed E-state index contributed by atoms with van der Waals surface area (Å²) in [4.78, 5) is 34.3. The van der Waals surface area contributed by atoms with Crippen molar-refractivity contribution in [3.05, 3.63) is 70.5 Å². The van der Waals surface area contributed by atoms with Gasteiger partial charge in [-0.05, 0) is 68.1 Å². The molecule has 14 heteroatoms. The number of benzene rings is 2. The van der Waals surface area contributed by atoms with Gasteiger partial charge in [0.15, 0.2) is 5.75 Å². The summed E-state index contributed by atoms with van der Waals surface area (Å²) in [7, 11) is -2.23. The molecule has 1 aliphatic heterocycles. The SMILES string of the molecule is COc1c(NC(=O)c2ccc(Cl)c(Oc3ccnc(CN4CCN(C(=O)OC(C)(C)C)CC4)c3)c2)cc(C(C)(C)C)cc1NS(C)(=O)=O. The Kier molecular flexibility index (Phi) is 11.2. The summed E-state index contributed by atoms with van der Waals surface area (Å²) in [6.45, 7) is 14.5. The maximum absolute atomic E-state index is 13.5. The summed E-state index contributed by atoms with van der Waals surface area (Å²) in [5.41, 5.74) is 1.41. The lowest BCUT2D eigenvalue weighted by atomic mass is 9.86. The van der Waals surface area contributed by atoms with Gasteiger partial charge < -0.3 is 24.4 Å². The van der Waals surface area contributed by atoms with E-state index in [1.165, 1.54) is 13.2 Å². The number of hydrogen-bond acceptors (Lipinski definition) is 9. The molecule has 2 N–H and O–H groups in total. The molecule has 1 saturated heterocycles. The number of amides is 2. The topological polar surface area (TPSA) is 139 Å². The van der Waals surface area contributed by atoms with Gasteiger partial charge in [0, 0.05) is 50.6 Å². The summed E-state index contributed by atoms with van der Waals surface area (Å²) in [5.74, 6) is 0.445. The first-order chi connectivity index (χ1) is 22.3. The summed E-state index contributed by atoms with van der Waals surface area (Å²) in [6.07, 6.45) is 2.38. The minimum absolute atomic E-state index is 0.169. The molecule has 12 nitrogen and oxygen atoms in total. The lowest BCUT2D eigenvalue weighted by Gasteiger charge is -2.35. The van der Waals surface area contributed by atoms with Gasteiger partial charge in [0.2, 0.25) is 10.0 Å². The van der Waals surface area contributed by atoms with Crippen LogP contribution in [0.3, 0.4) is 0 Å². The molecule has 2 amide bonds. The van der Waals surface area contributed by atoms with Crippen LogP contribution in [0.5, 0.6) is 17.2 Å². The van der Waals surface area contributed by atoms with Gasteiger partial charge in [0.05, 0.1) is 35.5 Å². The van der Waals surface area contributed by atoms with Crippen molar-refractivity contribution in [1.29, 1.82) is 0 Å². The van der Waals surface area contributed by atoms with Crippen LogP contribution >= 0.6 is 11.6 Å². The van der Waals surface area contributed by atoms with Crippen LogP contribution in [-0.4, -0.2) is 80.3 Å². The minimum Gasteiger partial charge on any atom is -0.492 e. The molecule has 0 aliphatic carbocycles. The normalized spacial score (nSPS) is 14.3. The molecule has 2 heterocycles. The van der Waals surface area contributed by atoms with Gasteiger partial charge in [0.25, 0.3) is 5.91 Å². The molecule has 1 fully saturated rings. The van der Waals surface area contributed by atoms with Gasteiger partial charge >= 0.3 is 6.09 Å². The van der Waals surface area contributed by atoms with Crippen LogP contribution in [0.1, 0.15) is 63.2 Å². The van der Waals surface area contributed by atoms with Crippen molar-refractivity contribution in [2.45, 2.75) is 59.1 Å². The largest absolute Gasteiger partial charge is 0.492 e. The zero-order valence-electron chi connectivity index (χ0n) is 28.6. The van der Waals surface area contributed by atoms with Crippen molar-refractivity contribution in [2.24, 2.45) is 0 Å². The second-order valence-corrected chi connectivity index (χ2v) is 15.8. The number of pyridine rings is 1. The molecule has 0 spiro atoms. The van der Waals surface area contributed by atoms with Crippen LogP contribution in [0.15, 0.2) is 48.7 Å². The van der Waals surface area contributed by atoms with Crippen LogP contribution in [0.4, 0.5) is 16.2 Å². The van der Waals surface area contributed by atoms with Gasteiger partial charge in [-0.2, -0.15) is 0 Å². The number of nitrogens with one attached hydrogen (secondary N) is 2. The quantitative estimate of drug-likeness (QED) is 0.256. The number of hydrogen-bond donors (Lipinski definition) is 2. The number of carbonyl (C=O) groups is 2. The third-order valence-corrected chi connectivity index (χ3v) is 8.22. The maximum atomic E-state index is 13.5. The average molecular weight is 702 g/mol. The van der Waals surface area contributed by atoms with Crippen molar-refractivity contribution in [3.8, 4) is 17.2 Å². The fourth-order valence-electron chi connectivity index (χ4n) is 4.94. The molecule has 0 unspecified atom stereocenters. The molecular weight excluding hydrogens is 658 g/mol. The van der Waals surface area contributed by atoms with Crippen LogP contribution in [0.25, 0.3) is 0 Å². The second-order valence-electron chi connectivity index (χ2n) is 13.7. The molecular formula is C34H44ClN5O7S. The van der Waals surface area contributed by atoms with E-state index in [2.05, 4.69) is 19.9 Å². The van der Waals surface area contributed by atoms with E-state index in [0.717, 1.165) is 17.5 Å². The molecule has 0 radical (unpaired) electrons. The summed E-state index contributed by atoms with van der Waals surface area (Å²) >= 11 is 6.48. The third kappa shape index (κ3) is 10.2. The lowest BCUT2D eigenvalue weighted by Crippen LogP contribution is -2.49. The summed E-state index contributed by atoms with van der Waals surface area (Å²) in [5, 5.41) is 3.16. The number of rotatable bonds is 9. The fraction of sp³-hybridized carbons (Fsp3) is 0.441. The number of piperazine rings is 1. The first-order valence-electron chi connectivity index (χ1n) is 15.5. The lowest BCUT2D eigenvalue weighted by molar-refractivity contribution is 0.0138. The van der Waals surface area contributed by atoms with Crippen molar-refractivity contribution in [3.63, 3.8) is 0 Å². The molecule has 2 aromatic carbocycles. The zero-order valence-corrected chi connectivity index (χ0v) is 30.2. The molecule has 0 bridgehead atoms. The number of nitrogens with zero attached hydrogens (tertiary/aromatic N) is 3. The van der Waals surface area contributed by atoms with Crippen molar-refractivity contribution < 1.29 is 32.2 Å². The number of halogens is 1.